The zero-order chi connectivity index (χ0) is 18.9. The van der Waals surface area contributed by atoms with Crippen molar-refractivity contribution in [2.75, 3.05) is 26.2 Å². The molecule has 0 atom stereocenters. The van der Waals surface area contributed by atoms with Crippen LogP contribution in [0.5, 0.6) is 5.75 Å². The molecule has 140 valence electrons. The topological polar surface area (TPSA) is 46.5 Å². The number of hydrogen-bond donors (Lipinski definition) is 1. The lowest BCUT2D eigenvalue weighted by Crippen LogP contribution is -2.36. The van der Waals surface area contributed by atoms with Crippen LogP contribution in [0.4, 0.5) is 0 Å². The van der Waals surface area contributed by atoms with E-state index in [1.807, 2.05) is 42.8 Å². The Morgan fingerprint density at radius 2 is 2.04 bits per heavy atom. The minimum Gasteiger partial charge on any atom is -0.479 e. The molecule has 1 aliphatic rings. The number of halogens is 1. The first-order valence-corrected chi connectivity index (χ1v) is 9.46. The molecule has 0 aliphatic carbocycles. The number of nitrogens with zero attached hydrogens (tertiary/aromatic N) is 2. The van der Waals surface area contributed by atoms with Gasteiger partial charge >= 0.3 is 0 Å². The number of fused-ring (bicyclic) bond motifs is 3. The van der Waals surface area contributed by atoms with Gasteiger partial charge in [-0.05, 0) is 51.2 Å². The van der Waals surface area contributed by atoms with Crippen LogP contribution in [-0.4, -0.2) is 41.6 Å². The van der Waals surface area contributed by atoms with Gasteiger partial charge in [-0.1, -0.05) is 25.4 Å². The number of ether oxygens (including phenoxy) is 1. The van der Waals surface area contributed by atoms with Crippen LogP contribution in [-0.2, 0) is 5.60 Å². The van der Waals surface area contributed by atoms with Crippen molar-refractivity contribution in [2.24, 2.45) is 0 Å². The van der Waals surface area contributed by atoms with E-state index in [1.54, 1.807) is 6.07 Å². The fraction of sp³-hybridized carbons (Fsp3) is 0.450. The summed E-state index contributed by atoms with van der Waals surface area (Å²) in [6.07, 6.45) is 1.97. The summed E-state index contributed by atoms with van der Waals surface area (Å²) in [5.41, 5.74) is 1.77. The Morgan fingerprint density at radius 1 is 1.31 bits per heavy atom. The number of aromatic nitrogens is 1. The van der Waals surface area contributed by atoms with Crippen LogP contribution in [0.3, 0.4) is 0 Å². The van der Waals surface area contributed by atoms with E-state index in [4.69, 9.17) is 16.3 Å². The van der Waals surface area contributed by atoms with Crippen LogP contribution in [0, 0.1) is 0 Å². The van der Waals surface area contributed by atoms with Crippen molar-refractivity contribution in [1.82, 2.24) is 14.8 Å². The minimum absolute atomic E-state index is 0.165. The van der Waals surface area contributed by atoms with Crippen molar-refractivity contribution >= 4 is 17.5 Å². The molecule has 1 aliphatic heterocycles. The van der Waals surface area contributed by atoms with Gasteiger partial charge < -0.3 is 19.5 Å². The highest BCUT2D eigenvalue weighted by atomic mass is 35.5. The van der Waals surface area contributed by atoms with Crippen LogP contribution in [0.1, 0.15) is 43.7 Å². The molecule has 1 aromatic heterocycles. The summed E-state index contributed by atoms with van der Waals surface area (Å²) in [4.78, 5) is 15.1. The van der Waals surface area contributed by atoms with Gasteiger partial charge in [-0.25, -0.2) is 0 Å². The second-order valence-electron chi connectivity index (χ2n) is 6.96. The lowest BCUT2D eigenvalue weighted by molar-refractivity contribution is 0.0844. The number of rotatable bonds is 6. The van der Waals surface area contributed by atoms with Gasteiger partial charge in [-0.3, -0.25) is 4.79 Å². The molecule has 1 N–H and O–H groups in total. The standard InChI is InChI=1S/C20H26ClN3O2/c1-5-23(6-2)11-9-22-19(25)15-12-14(21)13-16-18(15)26-20(3,4)17-8-7-10-24(16)17/h7-8,10,12-13H,5-6,9,11H2,1-4H3,(H,22,25). The summed E-state index contributed by atoms with van der Waals surface area (Å²) in [7, 11) is 0. The van der Waals surface area contributed by atoms with Crippen LogP contribution in [0.15, 0.2) is 30.5 Å². The Kier molecular flexibility index (Phi) is 5.30. The first kappa shape index (κ1) is 18.8. The highest BCUT2D eigenvalue weighted by Gasteiger charge is 2.35. The fourth-order valence-electron chi connectivity index (χ4n) is 3.39. The molecule has 6 heteroatoms. The maximum absolute atomic E-state index is 12.8. The number of likely N-dealkylation sites (N-methyl/N-ethyl adjacent to an activating group) is 1. The largest absolute Gasteiger partial charge is 0.479 e. The lowest BCUT2D eigenvalue weighted by Gasteiger charge is -2.35. The van der Waals surface area contributed by atoms with Gasteiger partial charge in [0.25, 0.3) is 5.91 Å². The summed E-state index contributed by atoms with van der Waals surface area (Å²) in [5.74, 6) is 0.408. The molecular weight excluding hydrogens is 350 g/mol. The maximum Gasteiger partial charge on any atom is 0.255 e. The van der Waals surface area contributed by atoms with Crippen molar-refractivity contribution in [2.45, 2.75) is 33.3 Å². The smallest absolute Gasteiger partial charge is 0.255 e. The van der Waals surface area contributed by atoms with E-state index in [0.717, 1.165) is 31.0 Å². The van der Waals surface area contributed by atoms with Gasteiger partial charge in [-0.15, -0.1) is 0 Å². The van der Waals surface area contributed by atoms with Gasteiger partial charge in [0.05, 0.1) is 16.9 Å². The first-order chi connectivity index (χ1) is 12.4. The average Bonchev–Trinajstić information content (AvgIpc) is 3.10. The molecule has 1 aromatic carbocycles. The highest BCUT2D eigenvalue weighted by molar-refractivity contribution is 6.31. The van der Waals surface area contributed by atoms with E-state index in [2.05, 4.69) is 24.1 Å². The summed E-state index contributed by atoms with van der Waals surface area (Å²) in [6, 6.07) is 7.51. The van der Waals surface area contributed by atoms with Gasteiger partial charge in [-0.2, -0.15) is 0 Å². The van der Waals surface area contributed by atoms with Crippen molar-refractivity contribution in [3.63, 3.8) is 0 Å². The van der Waals surface area contributed by atoms with Crippen LogP contribution < -0.4 is 10.1 Å². The highest BCUT2D eigenvalue weighted by Crippen LogP contribution is 2.42. The summed E-state index contributed by atoms with van der Waals surface area (Å²) < 4.78 is 8.27. The quantitative estimate of drug-likeness (QED) is 0.834. The molecule has 3 rings (SSSR count). The molecule has 0 spiro atoms. The van der Waals surface area contributed by atoms with Gasteiger partial charge in [0.1, 0.15) is 5.60 Å². The Morgan fingerprint density at radius 3 is 2.73 bits per heavy atom. The number of benzene rings is 1. The zero-order valence-corrected chi connectivity index (χ0v) is 16.6. The molecule has 2 aromatic rings. The Bertz CT molecular complexity index is 809. The Balaban J connectivity index is 1.90. The molecule has 0 saturated carbocycles. The second-order valence-corrected chi connectivity index (χ2v) is 7.40. The predicted molar refractivity (Wildman–Crippen MR) is 105 cm³/mol. The molecule has 1 amide bonds. The van der Waals surface area contributed by atoms with Crippen molar-refractivity contribution in [1.29, 1.82) is 0 Å². The van der Waals surface area contributed by atoms with Crippen molar-refractivity contribution in [3.05, 3.63) is 46.7 Å². The third kappa shape index (κ3) is 3.46. The van der Waals surface area contributed by atoms with Crippen LogP contribution in [0.2, 0.25) is 5.02 Å². The molecule has 0 bridgehead atoms. The molecular formula is C20H26ClN3O2. The van der Waals surface area contributed by atoms with E-state index in [9.17, 15) is 4.79 Å². The SMILES string of the molecule is CCN(CC)CCNC(=O)c1cc(Cl)cc2c1OC(C)(C)c1cccn1-2. The van der Waals surface area contributed by atoms with E-state index in [1.165, 1.54) is 0 Å². The molecule has 26 heavy (non-hydrogen) atoms. The summed E-state index contributed by atoms with van der Waals surface area (Å²) in [5, 5.41) is 3.51. The summed E-state index contributed by atoms with van der Waals surface area (Å²) >= 11 is 6.30. The van der Waals surface area contributed by atoms with E-state index < -0.39 is 5.60 Å². The van der Waals surface area contributed by atoms with Crippen molar-refractivity contribution in [3.8, 4) is 11.4 Å². The lowest BCUT2D eigenvalue weighted by atomic mass is 10.0. The summed E-state index contributed by atoms with van der Waals surface area (Å²) in [6.45, 7) is 11.6. The molecule has 0 saturated heterocycles. The molecule has 0 fully saturated rings. The number of carbonyl (C=O) groups excluding carboxylic acids is 1. The molecule has 0 radical (unpaired) electrons. The average molecular weight is 376 g/mol. The number of carbonyl (C=O) groups is 1. The fourth-order valence-corrected chi connectivity index (χ4v) is 3.60. The first-order valence-electron chi connectivity index (χ1n) is 9.08. The van der Waals surface area contributed by atoms with Gasteiger partial charge in [0.15, 0.2) is 5.75 Å². The van der Waals surface area contributed by atoms with E-state index in [0.29, 0.717) is 22.9 Å². The van der Waals surface area contributed by atoms with Gasteiger partial charge in [0, 0.05) is 24.3 Å². The van der Waals surface area contributed by atoms with Crippen LogP contribution >= 0.6 is 11.6 Å². The number of nitrogens with one attached hydrogen (secondary N) is 1. The third-order valence-corrected chi connectivity index (χ3v) is 5.09. The number of amides is 1. The minimum atomic E-state index is -0.527. The Hall–Kier alpha value is -1.98. The molecule has 5 nitrogen and oxygen atoms in total. The van der Waals surface area contributed by atoms with E-state index >= 15 is 0 Å². The Labute approximate surface area is 159 Å². The molecule has 0 unspecified atom stereocenters. The third-order valence-electron chi connectivity index (χ3n) is 4.87. The second kappa shape index (κ2) is 7.33. The van der Waals surface area contributed by atoms with E-state index in [-0.39, 0.29) is 5.91 Å². The van der Waals surface area contributed by atoms with Crippen molar-refractivity contribution < 1.29 is 9.53 Å². The predicted octanol–water partition coefficient (Wildman–Crippen LogP) is 3.83. The monoisotopic (exact) mass is 375 g/mol. The van der Waals surface area contributed by atoms with Gasteiger partial charge in [0.2, 0.25) is 0 Å². The number of hydrogen-bond acceptors (Lipinski definition) is 3. The zero-order valence-electron chi connectivity index (χ0n) is 15.8. The normalized spacial score (nSPS) is 14.5. The maximum atomic E-state index is 12.8. The van der Waals surface area contributed by atoms with Crippen LogP contribution in [0.25, 0.3) is 5.69 Å². The molecule has 2 heterocycles.